The third-order valence-corrected chi connectivity index (χ3v) is 7.76. The van der Waals surface area contributed by atoms with Gasteiger partial charge in [0.25, 0.3) is 0 Å². The van der Waals surface area contributed by atoms with Gasteiger partial charge in [-0.05, 0) is 53.9 Å². The summed E-state index contributed by atoms with van der Waals surface area (Å²) in [5, 5.41) is 2.97. The summed E-state index contributed by atoms with van der Waals surface area (Å²) in [5.74, 6) is -1.46. The van der Waals surface area contributed by atoms with Crippen molar-refractivity contribution in [2.45, 2.75) is 51.2 Å². The molecule has 184 valence electrons. The Kier molecular flexibility index (Phi) is 8.70. The van der Waals surface area contributed by atoms with Crippen molar-refractivity contribution < 1.29 is 22.4 Å². The van der Waals surface area contributed by atoms with Crippen LogP contribution in [0.3, 0.4) is 0 Å². The number of amides is 2. The molecule has 0 spiro atoms. The van der Waals surface area contributed by atoms with E-state index in [0.717, 1.165) is 36.2 Å². The number of carbonyl (C=O) groups excluding carboxylic acids is 2. The van der Waals surface area contributed by atoms with Gasteiger partial charge in [0.05, 0.1) is 11.9 Å². The minimum Gasteiger partial charge on any atom is -0.352 e. The van der Waals surface area contributed by atoms with Crippen LogP contribution >= 0.6 is 15.9 Å². The van der Waals surface area contributed by atoms with Crippen LogP contribution in [0.2, 0.25) is 0 Å². The van der Waals surface area contributed by atoms with Gasteiger partial charge in [0, 0.05) is 22.6 Å². The second-order valence-electron chi connectivity index (χ2n) is 8.50. The van der Waals surface area contributed by atoms with Crippen LogP contribution < -0.4 is 9.62 Å². The van der Waals surface area contributed by atoms with E-state index >= 15 is 0 Å². The van der Waals surface area contributed by atoms with Gasteiger partial charge in [-0.3, -0.25) is 13.9 Å². The highest BCUT2D eigenvalue weighted by Crippen LogP contribution is 2.28. The first-order valence-electron chi connectivity index (χ1n) is 11.1. The quantitative estimate of drug-likeness (QED) is 0.511. The fraction of sp³-hybridized carbons (Fsp3) is 0.417. The van der Waals surface area contributed by atoms with Gasteiger partial charge in [-0.1, -0.05) is 43.2 Å². The monoisotopic (exact) mass is 553 g/mol. The molecule has 0 aliphatic heterocycles. The summed E-state index contributed by atoms with van der Waals surface area (Å²) in [5.41, 5.74) is 0.537. The predicted octanol–water partition coefficient (Wildman–Crippen LogP) is 3.83. The number of sulfonamides is 1. The molecule has 1 aliphatic carbocycles. The summed E-state index contributed by atoms with van der Waals surface area (Å²) in [7, 11) is -3.83. The van der Waals surface area contributed by atoms with Gasteiger partial charge in [-0.15, -0.1) is 0 Å². The van der Waals surface area contributed by atoms with E-state index in [9.17, 15) is 22.4 Å². The Morgan fingerprint density at radius 2 is 1.74 bits per heavy atom. The van der Waals surface area contributed by atoms with Crippen molar-refractivity contribution in [2.75, 3.05) is 17.1 Å². The molecule has 0 bridgehead atoms. The van der Waals surface area contributed by atoms with E-state index < -0.39 is 34.3 Å². The number of nitrogens with zero attached hydrogens (tertiary/aromatic N) is 2. The molecule has 0 aromatic heterocycles. The van der Waals surface area contributed by atoms with Crippen molar-refractivity contribution >= 4 is 43.5 Å². The van der Waals surface area contributed by atoms with Gasteiger partial charge in [-0.2, -0.15) is 0 Å². The summed E-state index contributed by atoms with van der Waals surface area (Å²) in [6, 6.07) is 11.8. The van der Waals surface area contributed by atoms with Crippen LogP contribution in [0.1, 0.15) is 38.2 Å². The summed E-state index contributed by atoms with van der Waals surface area (Å²) in [4.78, 5) is 27.7. The molecule has 10 heteroatoms. The van der Waals surface area contributed by atoms with E-state index in [-0.39, 0.29) is 24.1 Å². The van der Waals surface area contributed by atoms with Crippen molar-refractivity contribution in [2.24, 2.45) is 0 Å². The Morgan fingerprint density at radius 3 is 2.35 bits per heavy atom. The molecule has 2 aromatic carbocycles. The molecule has 1 aliphatic rings. The number of benzene rings is 2. The average Bonchev–Trinajstić information content (AvgIpc) is 3.29. The second-order valence-corrected chi connectivity index (χ2v) is 11.3. The van der Waals surface area contributed by atoms with E-state index in [1.54, 1.807) is 49.4 Å². The number of hydrogen-bond donors (Lipinski definition) is 1. The average molecular weight is 554 g/mol. The first kappa shape index (κ1) is 26.2. The lowest BCUT2D eigenvalue weighted by atomic mass is 10.1. The van der Waals surface area contributed by atoms with Crippen LogP contribution in [0.25, 0.3) is 0 Å². The van der Waals surface area contributed by atoms with Gasteiger partial charge in [0.2, 0.25) is 21.8 Å². The molecule has 0 saturated heterocycles. The molecule has 1 N–H and O–H groups in total. The Bertz CT molecular complexity index is 1140. The summed E-state index contributed by atoms with van der Waals surface area (Å²) < 4.78 is 41.1. The van der Waals surface area contributed by atoms with Crippen LogP contribution in [0.15, 0.2) is 53.0 Å². The zero-order valence-electron chi connectivity index (χ0n) is 19.2. The zero-order valence-corrected chi connectivity index (χ0v) is 21.6. The van der Waals surface area contributed by atoms with Crippen molar-refractivity contribution in [3.63, 3.8) is 0 Å². The van der Waals surface area contributed by atoms with Gasteiger partial charge < -0.3 is 10.2 Å². The largest absolute Gasteiger partial charge is 0.352 e. The molecule has 1 unspecified atom stereocenters. The summed E-state index contributed by atoms with van der Waals surface area (Å²) >= 11 is 3.34. The highest BCUT2D eigenvalue weighted by atomic mass is 79.9. The molecule has 0 heterocycles. The molecule has 1 fully saturated rings. The normalized spacial score (nSPS) is 15.1. The maximum atomic E-state index is 14.4. The van der Waals surface area contributed by atoms with Crippen LogP contribution in [0.5, 0.6) is 0 Å². The number of anilines is 1. The molecular formula is C24H29BrFN3O4S. The molecule has 2 aromatic rings. The molecule has 2 amide bonds. The highest BCUT2D eigenvalue weighted by Gasteiger charge is 2.32. The molecule has 0 radical (unpaired) electrons. The Morgan fingerprint density at radius 1 is 1.12 bits per heavy atom. The first-order valence-corrected chi connectivity index (χ1v) is 13.8. The topological polar surface area (TPSA) is 86.8 Å². The van der Waals surface area contributed by atoms with E-state index in [0.29, 0.717) is 10.2 Å². The van der Waals surface area contributed by atoms with Crippen LogP contribution in [0.4, 0.5) is 10.1 Å². The SMILES string of the molecule is CC(C(=O)NC1CCCC1)N(Cc1ccccc1F)C(=O)CN(c1ccccc1Br)S(C)(=O)=O. The van der Waals surface area contributed by atoms with Gasteiger partial charge in [0.1, 0.15) is 18.4 Å². The molecule has 34 heavy (non-hydrogen) atoms. The van der Waals surface area contributed by atoms with E-state index in [1.807, 2.05) is 0 Å². The number of hydrogen-bond acceptors (Lipinski definition) is 4. The fourth-order valence-electron chi connectivity index (χ4n) is 4.03. The van der Waals surface area contributed by atoms with Crippen molar-refractivity contribution in [1.82, 2.24) is 10.2 Å². The summed E-state index contributed by atoms with van der Waals surface area (Å²) in [6.07, 6.45) is 4.84. The molecule has 7 nitrogen and oxygen atoms in total. The van der Waals surface area contributed by atoms with Gasteiger partial charge in [0.15, 0.2) is 0 Å². The smallest absolute Gasteiger partial charge is 0.244 e. The third-order valence-electron chi connectivity index (χ3n) is 5.97. The Balaban J connectivity index is 1.90. The maximum Gasteiger partial charge on any atom is 0.244 e. The van der Waals surface area contributed by atoms with E-state index in [4.69, 9.17) is 0 Å². The fourth-order valence-corrected chi connectivity index (χ4v) is 5.51. The number of halogens is 2. The van der Waals surface area contributed by atoms with E-state index in [1.165, 1.54) is 11.0 Å². The van der Waals surface area contributed by atoms with Crippen molar-refractivity contribution in [3.8, 4) is 0 Å². The number of carbonyl (C=O) groups is 2. The van der Waals surface area contributed by atoms with Crippen molar-refractivity contribution in [3.05, 3.63) is 64.4 Å². The van der Waals surface area contributed by atoms with Crippen LogP contribution in [-0.2, 0) is 26.2 Å². The van der Waals surface area contributed by atoms with Gasteiger partial charge in [-0.25, -0.2) is 12.8 Å². The lowest BCUT2D eigenvalue weighted by molar-refractivity contribution is -0.139. The standard InChI is InChI=1S/C24H29BrFN3O4S/c1-17(24(31)27-19-10-4-5-11-19)28(15-18-9-3-7-13-21(18)26)23(30)16-29(34(2,32)33)22-14-8-6-12-20(22)25/h3,6-9,12-14,17,19H,4-5,10-11,15-16H2,1-2H3,(H,27,31). The molecule has 1 saturated carbocycles. The highest BCUT2D eigenvalue weighted by molar-refractivity contribution is 9.10. The predicted molar refractivity (Wildman–Crippen MR) is 133 cm³/mol. The lowest BCUT2D eigenvalue weighted by Crippen LogP contribution is -2.52. The Labute approximate surface area is 208 Å². The Hall–Kier alpha value is -2.46. The molecule has 3 rings (SSSR count). The number of rotatable bonds is 9. The van der Waals surface area contributed by atoms with E-state index in [2.05, 4.69) is 21.2 Å². The lowest BCUT2D eigenvalue weighted by Gasteiger charge is -2.32. The number of nitrogens with one attached hydrogen (secondary N) is 1. The van der Waals surface area contributed by atoms with Crippen molar-refractivity contribution in [1.29, 1.82) is 0 Å². The first-order chi connectivity index (χ1) is 16.1. The minimum absolute atomic E-state index is 0.0492. The zero-order chi connectivity index (χ0) is 24.9. The van der Waals surface area contributed by atoms with Gasteiger partial charge >= 0.3 is 0 Å². The number of para-hydroxylation sites is 1. The van der Waals surface area contributed by atoms with Crippen LogP contribution in [0, 0.1) is 5.82 Å². The third kappa shape index (κ3) is 6.56. The second kappa shape index (κ2) is 11.3. The molecular weight excluding hydrogens is 525 g/mol. The maximum absolute atomic E-state index is 14.4. The molecule has 1 atom stereocenters. The summed E-state index contributed by atoms with van der Waals surface area (Å²) in [6.45, 7) is 0.877. The minimum atomic E-state index is -3.83. The van der Waals surface area contributed by atoms with Crippen LogP contribution in [-0.4, -0.2) is 50.0 Å².